The van der Waals surface area contributed by atoms with Gasteiger partial charge in [0.05, 0.1) is 0 Å². The van der Waals surface area contributed by atoms with Crippen molar-refractivity contribution in [3.05, 3.63) is 35.5 Å². The molecule has 0 aliphatic rings. The van der Waals surface area contributed by atoms with Crippen molar-refractivity contribution < 1.29 is 0 Å². The lowest BCUT2D eigenvalue weighted by atomic mass is 9.97. The first-order valence-electron chi connectivity index (χ1n) is 5.47. The largest absolute Gasteiger partial charge is 0.103 e. The molecule has 0 N–H and O–H groups in total. The maximum Gasteiger partial charge on any atom is -0.0305 e. The minimum absolute atomic E-state index is 1.16. The number of rotatable bonds is 3. The first-order chi connectivity index (χ1) is 6.58. The molecule has 0 radical (unpaired) electrons. The smallest absolute Gasteiger partial charge is 0.0305 e. The first kappa shape index (κ1) is 15.7. The Balaban J connectivity index is 0. The van der Waals surface area contributed by atoms with E-state index in [2.05, 4.69) is 47.3 Å². The van der Waals surface area contributed by atoms with Gasteiger partial charge in [0.1, 0.15) is 0 Å². The number of hydrogen-bond donors (Lipinski definition) is 0. The van der Waals surface area contributed by atoms with Gasteiger partial charge >= 0.3 is 0 Å². The third-order valence-corrected chi connectivity index (χ3v) is 2.07. The highest BCUT2D eigenvalue weighted by atomic mass is 14.1. The molecule has 0 aromatic carbocycles. The SMILES string of the molecule is C/C=C(/CC)C(CC)=C(C)C.C=CC. The van der Waals surface area contributed by atoms with E-state index in [0.29, 0.717) is 0 Å². The number of hydrogen-bond acceptors (Lipinski definition) is 0. The monoisotopic (exact) mass is 194 g/mol. The van der Waals surface area contributed by atoms with Crippen molar-refractivity contribution in [2.75, 3.05) is 0 Å². The van der Waals surface area contributed by atoms with Gasteiger partial charge in [-0.15, -0.1) is 6.58 Å². The molecule has 0 atom stereocenters. The number of allylic oxidation sites excluding steroid dienone is 5. The Kier molecular flexibility index (Phi) is 11.5. The third-order valence-electron chi connectivity index (χ3n) is 2.07. The molecule has 0 heteroatoms. The van der Waals surface area contributed by atoms with Gasteiger partial charge in [0.25, 0.3) is 0 Å². The van der Waals surface area contributed by atoms with Crippen LogP contribution in [-0.2, 0) is 0 Å². The van der Waals surface area contributed by atoms with Gasteiger partial charge in [-0.05, 0) is 51.7 Å². The van der Waals surface area contributed by atoms with E-state index in [1.54, 1.807) is 6.08 Å². The molecular formula is C14H26. The van der Waals surface area contributed by atoms with E-state index in [1.807, 2.05) is 6.92 Å². The molecule has 0 nitrogen and oxygen atoms in total. The van der Waals surface area contributed by atoms with Gasteiger partial charge in [0.15, 0.2) is 0 Å². The van der Waals surface area contributed by atoms with Gasteiger partial charge in [0.2, 0.25) is 0 Å². The van der Waals surface area contributed by atoms with Crippen LogP contribution in [0.5, 0.6) is 0 Å². The summed E-state index contributed by atoms with van der Waals surface area (Å²) in [5.74, 6) is 0. The molecule has 0 fully saturated rings. The molecule has 0 bridgehead atoms. The highest BCUT2D eigenvalue weighted by molar-refractivity contribution is 5.32. The second kappa shape index (κ2) is 10.3. The molecule has 0 saturated heterocycles. The summed E-state index contributed by atoms with van der Waals surface area (Å²) >= 11 is 0. The van der Waals surface area contributed by atoms with E-state index in [0.717, 1.165) is 12.8 Å². The van der Waals surface area contributed by atoms with Crippen LogP contribution in [0.3, 0.4) is 0 Å². The van der Waals surface area contributed by atoms with Crippen LogP contribution in [0, 0.1) is 0 Å². The van der Waals surface area contributed by atoms with Crippen LogP contribution in [0.15, 0.2) is 35.5 Å². The van der Waals surface area contributed by atoms with E-state index >= 15 is 0 Å². The normalized spacial score (nSPS) is 10.0. The van der Waals surface area contributed by atoms with Crippen molar-refractivity contribution in [1.29, 1.82) is 0 Å². The zero-order valence-corrected chi connectivity index (χ0v) is 10.8. The summed E-state index contributed by atoms with van der Waals surface area (Å²) in [6.07, 6.45) is 6.30. The molecule has 0 spiro atoms. The van der Waals surface area contributed by atoms with Gasteiger partial charge in [0, 0.05) is 0 Å². The Hall–Kier alpha value is -0.780. The van der Waals surface area contributed by atoms with Crippen molar-refractivity contribution in [3.8, 4) is 0 Å². The van der Waals surface area contributed by atoms with Crippen molar-refractivity contribution in [2.24, 2.45) is 0 Å². The third kappa shape index (κ3) is 6.71. The fourth-order valence-electron chi connectivity index (χ4n) is 1.49. The quantitative estimate of drug-likeness (QED) is 0.423. The van der Waals surface area contributed by atoms with E-state index < -0.39 is 0 Å². The van der Waals surface area contributed by atoms with Crippen LogP contribution in [-0.4, -0.2) is 0 Å². The Morgan fingerprint density at radius 1 is 1.07 bits per heavy atom. The average molecular weight is 194 g/mol. The predicted octanol–water partition coefficient (Wildman–Crippen LogP) is 5.28. The van der Waals surface area contributed by atoms with Crippen molar-refractivity contribution >= 4 is 0 Å². The molecular weight excluding hydrogens is 168 g/mol. The van der Waals surface area contributed by atoms with E-state index in [9.17, 15) is 0 Å². The lowest BCUT2D eigenvalue weighted by Gasteiger charge is -2.09. The van der Waals surface area contributed by atoms with Crippen LogP contribution < -0.4 is 0 Å². The summed E-state index contributed by atoms with van der Waals surface area (Å²) in [5.41, 5.74) is 4.50. The Morgan fingerprint density at radius 3 is 1.57 bits per heavy atom. The van der Waals surface area contributed by atoms with E-state index in [1.165, 1.54) is 16.7 Å². The molecule has 82 valence electrons. The maximum atomic E-state index is 3.36. The van der Waals surface area contributed by atoms with E-state index in [-0.39, 0.29) is 0 Å². The Labute approximate surface area is 90.4 Å². The summed E-state index contributed by atoms with van der Waals surface area (Å²) in [5, 5.41) is 0. The Morgan fingerprint density at radius 2 is 1.50 bits per heavy atom. The van der Waals surface area contributed by atoms with Gasteiger partial charge in [-0.2, -0.15) is 0 Å². The summed E-state index contributed by atoms with van der Waals surface area (Å²) in [6.45, 7) is 16.2. The highest BCUT2D eigenvalue weighted by Crippen LogP contribution is 2.20. The summed E-state index contributed by atoms with van der Waals surface area (Å²) in [6, 6.07) is 0. The fourth-order valence-corrected chi connectivity index (χ4v) is 1.49. The highest BCUT2D eigenvalue weighted by Gasteiger charge is 2.00. The second-order valence-corrected chi connectivity index (χ2v) is 3.41. The van der Waals surface area contributed by atoms with Gasteiger partial charge in [-0.3, -0.25) is 0 Å². The summed E-state index contributed by atoms with van der Waals surface area (Å²) in [4.78, 5) is 0. The lowest BCUT2D eigenvalue weighted by molar-refractivity contribution is 0.992. The zero-order valence-electron chi connectivity index (χ0n) is 10.8. The van der Waals surface area contributed by atoms with Crippen LogP contribution in [0.2, 0.25) is 0 Å². The van der Waals surface area contributed by atoms with E-state index in [4.69, 9.17) is 0 Å². The molecule has 0 rings (SSSR count). The van der Waals surface area contributed by atoms with Crippen LogP contribution in [0.4, 0.5) is 0 Å². The van der Waals surface area contributed by atoms with Crippen molar-refractivity contribution in [2.45, 2.75) is 54.4 Å². The zero-order chi connectivity index (χ0) is 11.6. The summed E-state index contributed by atoms with van der Waals surface area (Å²) in [7, 11) is 0. The summed E-state index contributed by atoms with van der Waals surface area (Å²) < 4.78 is 0. The van der Waals surface area contributed by atoms with Crippen molar-refractivity contribution in [3.63, 3.8) is 0 Å². The minimum atomic E-state index is 1.16. The molecule has 0 aromatic rings. The average Bonchev–Trinajstić information content (AvgIpc) is 2.14. The Bertz CT molecular complexity index is 200. The topological polar surface area (TPSA) is 0 Å². The molecule has 0 heterocycles. The van der Waals surface area contributed by atoms with Gasteiger partial charge in [-0.1, -0.05) is 31.6 Å². The maximum absolute atomic E-state index is 3.36. The fraction of sp³-hybridized carbons (Fsp3) is 0.571. The molecule has 0 aromatic heterocycles. The standard InChI is InChI=1S/C11H20.C3H6/c1-6-10(7-2)11(8-3)9(4)5;1-3-2/h6H,7-8H2,1-5H3;3H,1H2,2H3/b10-6-;. The molecule has 0 amide bonds. The molecule has 14 heavy (non-hydrogen) atoms. The van der Waals surface area contributed by atoms with Crippen LogP contribution >= 0.6 is 0 Å². The molecule has 0 aliphatic heterocycles. The molecule has 0 aliphatic carbocycles. The minimum Gasteiger partial charge on any atom is -0.103 e. The first-order valence-corrected chi connectivity index (χ1v) is 5.47. The second-order valence-electron chi connectivity index (χ2n) is 3.41. The van der Waals surface area contributed by atoms with Crippen molar-refractivity contribution in [1.82, 2.24) is 0 Å². The lowest BCUT2D eigenvalue weighted by Crippen LogP contribution is -1.89. The van der Waals surface area contributed by atoms with Crippen LogP contribution in [0.1, 0.15) is 54.4 Å². The van der Waals surface area contributed by atoms with Crippen LogP contribution in [0.25, 0.3) is 0 Å². The predicted molar refractivity (Wildman–Crippen MR) is 68.6 cm³/mol. The molecule has 0 saturated carbocycles. The van der Waals surface area contributed by atoms with Gasteiger partial charge in [-0.25, -0.2) is 0 Å². The molecule has 0 unspecified atom stereocenters. The van der Waals surface area contributed by atoms with Gasteiger partial charge < -0.3 is 0 Å².